The van der Waals surface area contributed by atoms with Crippen LogP contribution in [-0.2, 0) is 29.1 Å². The highest BCUT2D eigenvalue weighted by Gasteiger charge is 2.44. The second kappa shape index (κ2) is 11.2. The molecule has 3 unspecified atom stereocenters. The Kier molecular flexibility index (Phi) is 7.73. The van der Waals surface area contributed by atoms with E-state index in [9.17, 15) is 22.8 Å². The zero-order chi connectivity index (χ0) is 26.7. The summed E-state index contributed by atoms with van der Waals surface area (Å²) in [6, 6.07) is 8.05. The number of pyridine rings is 1. The molecule has 0 bridgehead atoms. The van der Waals surface area contributed by atoms with Crippen LogP contribution in [-0.4, -0.2) is 85.4 Å². The first kappa shape index (κ1) is 26.3. The van der Waals surface area contributed by atoms with Gasteiger partial charge in [-0.25, -0.2) is 12.7 Å². The average Bonchev–Trinajstić information content (AvgIpc) is 3.67. The van der Waals surface area contributed by atoms with E-state index >= 15 is 0 Å². The van der Waals surface area contributed by atoms with Crippen LogP contribution in [0.25, 0.3) is 0 Å². The van der Waals surface area contributed by atoms with Crippen LogP contribution in [0.4, 0.5) is 0 Å². The van der Waals surface area contributed by atoms with Gasteiger partial charge in [0.2, 0.25) is 11.8 Å². The minimum absolute atomic E-state index is 0.0194. The predicted octanol–water partition coefficient (Wildman–Crippen LogP) is 1.27. The van der Waals surface area contributed by atoms with Crippen LogP contribution < -0.4 is 5.32 Å². The van der Waals surface area contributed by atoms with Gasteiger partial charge in [0.25, 0.3) is 15.9 Å². The SMILES string of the molecule is O=C(NCC1CCCO1)C(c1ccncc1)N(CC1CCCO1)C(=O)CN1C(=O)c2ccccc2S1(=O)=O. The number of carbonyl (C=O) groups excluding carboxylic acids is 3. The highest BCUT2D eigenvalue weighted by Crippen LogP contribution is 2.31. The molecular weight excluding hydrogens is 512 g/mol. The van der Waals surface area contributed by atoms with Crippen molar-refractivity contribution in [2.24, 2.45) is 0 Å². The number of sulfonamides is 1. The van der Waals surface area contributed by atoms with E-state index in [4.69, 9.17) is 9.47 Å². The minimum Gasteiger partial charge on any atom is -0.376 e. The van der Waals surface area contributed by atoms with Gasteiger partial charge in [0.15, 0.2) is 0 Å². The Hall–Kier alpha value is -3.35. The molecule has 202 valence electrons. The fourth-order valence-corrected chi connectivity index (χ4v) is 6.61. The predicted molar refractivity (Wildman–Crippen MR) is 134 cm³/mol. The molecule has 3 atom stereocenters. The van der Waals surface area contributed by atoms with Crippen LogP contribution in [0.1, 0.15) is 47.6 Å². The molecule has 1 aromatic carbocycles. The van der Waals surface area contributed by atoms with Gasteiger partial charge in [-0.1, -0.05) is 12.1 Å². The van der Waals surface area contributed by atoms with Crippen molar-refractivity contribution in [1.82, 2.24) is 19.5 Å². The number of aromatic nitrogens is 1. The van der Waals surface area contributed by atoms with Gasteiger partial charge in [0.05, 0.1) is 17.8 Å². The van der Waals surface area contributed by atoms with Crippen LogP contribution in [0.3, 0.4) is 0 Å². The number of hydrogen-bond acceptors (Lipinski definition) is 8. The molecule has 1 N–H and O–H groups in total. The maximum atomic E-state index is 13.8. The third-order valence-electron chi connectivity index (χ3n) is 7.05. The van der Waals surface area contributed by atoms with Crippen molar-refractivity contribution in [1.29, 1.82) is 0 Å². The Morgan fingerprint density at radius 3 is 2.39 bits per heavy atom. The first-order valence-corrected chi connectivity index (χ1v) is 14.2. The number of nitrogens with one attached hydrogen (secondary N) is 1. The molecule has 0 spiro atoms. The molecular formula is C26H30N4O7S. The number of fused-ring (bicyclic) bond motifs is 1. The molecule has 3 amide bonds. The topological polar surface area (TPSA) is 135 Å². The Morgan fingerprint density at radius 1 is 1.05 bits per heavy atom. The van der Waals surface area contributed by atoms with Crippen molar-refractivity contribution in [3.05, 3.63) is 59.9 Å². The molecule has 3 aliphatic rings. The Balaban J connectivity index is 1.44. The zero-order valence-electron chi connectivity index (χ0n) is 20.8. The maximum Gasteiger partial charge on any atom is 0.269 e. The standard InChI is InChI=1S/C26H30N4O7S/c31-23(17-30-26(33)21-7-1-2-8-22(21)38(30,34)35)29(16-20-6-4-14-37-20)24(18-9-11-27-12-10-18)25(32)28-15-19-5-3-13-36-19/h1-2,7-12,19-20,24H,3-6,13-17H2,(H,28,32). The lowest BCUT2D eigenvalue weighted by Crippen LogP contribution is -2.51. The summed E-state index contributed by atoms with van der Waals surface area (Å²) >= 11 is 0. The fraction of sp³-hybridized carbons (Fsp3) is 0.462. The molecule has 4 heterocycles. The van der Waals surface area contributed by atoms with Crippen molar-refractivity contribution in [2.75, 3.05) is 32.8 Å². The molecule has 3 aliphatic heterocycles. The molecule has 2 aromatic rings. The molecule has 0 saturated carbocycles. The molecule has 2 fully saturated rings. The molecule has 2 saturated heterocycles. The van der Waals surface area contributed by atoms with Crippen LogP contribution in [0, 0.1) is 0 Å². The largest absolute Gasteiger partial charge is 0.376 e. The van der Waals surface area contributed by atoms with Crippen molar-refractivity contribution < 1.29 is 32.3 Å². The summed E-state index contributed by atoms with van der Waals surface area (Å²) in [4.78, 5) is 45.7. The summed E-state index contributed by atoms with van der Waals surface area (Å²) in [6.45, 7) is 0.791. The minimum atomic E-state index is -4.21. The summed E-state index contributed by atoms with van der Waals surface area (Å²) in [6.07, 6.45) is 5.86. The van der Waals surface area contributed by atoms with Crippen LogP contribution in [0.15, 0.2) is 53.7 Å². The summed E-state index contributed by atoms with van der Waals surface area (Å²) in [5, 5.41) is 2.90. The molecule has 5 rings (SSSR count). The number of amides is 3. The Morgan fingerprint density at radius 2 is 1.74 bits per heavy atom. The molecule has 12 heteroatoms. The van der Waals surface area contributed by atoms with Gasteiger partial charge in [0, 0.05) is 38.7 Å². The van der Waals surface area contributed by atoms with E-state index in [-0.39, 0.29) is 35.8 Å². The van der Waals surface area contributed by atoms with E-state index in [2.05, 4.69) is 10.3 Å². The van der Waals surface area contributed by atoms with Gasteiger partial charge in [-0.2, -0.15) is 0 Å². The quantitative estimate of drug-likeness (QED) is 0.501. The lowest BCUT2D eigenvalue weighted by atomic mass is 10.0. The number of ether oxygens (including phenoxy) is 2. The average molecular weight is 543 g/mol. The van der Waals surface area contributed by atoms with Crippen molar-refractivity contribution in [3.63, 3.8) is 0 Å². The first-order chi connectivity index (χ1) is 18.4. The van der Waals surface area contributed by atoms with Gasteiger partial charge < -0.3 is 19.7 Å². The van der Waals surface area contributed by atoms with Gasteiger partial charge in [-0.05, 0) is 55.5 Å². The number of carbonyl (C=O) groups is 3. The molecule has 38 heavy (non-hydrogen) atoms. The number of hydrogen-bond donors (Lipinski definition) is 1. The highest BCUT2D eigenvalue weighted by atomic mass is 32.2. The first-order valence-electron chi connectivity index (χ1n) is 12.7. The van der Waals surface area contributed by atoms with Crippen LogP contribution >= 0.6 is 0 Å². The summed E-state index contributed by atoms with van der Waals surface area (Å²) in [5.41, 5.74) is 0.529. The molecule has 1 aromatic heterocycles. The van der Waals surface area contributed by atoms with Gasteiger partial charge in [0.1, 0.15) is 17.5 Å². The second-order valence-corrected chi connectivity index (χ2v) is 11.4. The second-order valence-electron chi connectivity index (χ2n) is 9.56. The van der Waals surface area contributed by atoms with Crippen molar-refractivity contribution in [3.8, 4) is 0 Å². The van der Waals surface area contributed by atoms with Gasteiger partial charge in [-0.3, -0.25) is 19.4 Å². The van der Waals surface area contributed by atoms with Crippen LogP contribution in [0.5, 0.6) is 0 Å². The van der Waals surface area contributed by atoms with E-state index in [0.29, 0.717) is 29.5 Å². The smallest absolute Gasteiger partial charge is 0.269 e. The third-order valence-corrected chi connectivity index (χ3v) is 8.83. The number of rotatable bonds is 9. The van der Waals surface area contributed by atoms with Gasteiger partial charge >= 0.3 is 0 Å². The van der Waals surface area contributed by atoms with Crippen molar-refractivity contribution in [2.45, 2.75) is 48.8 Å². The maximum absolute atomic E-state index is 13.8. The number of nitrogens with zero attached hydrogens (tertiary/aromatic N) is 3. The Labute approximate surface area is 221 Å². The monoisotopic (exact) mass is 542 g/mol. The van der Waals surface area contributed by atoms with E-state index in [1.54, 1.807) is 18.2 Å². The van der Waals surface area contributed by atoms with E-state index < -0.39 is 40.3 Å². The summed E-state index contributed by atoms with van der Waals surface area (Å²) < 4.78 is 38.2. The summed E-state index contributed by atoms with van der Waals surface area (Å²) in [5.74, 6) is -1.88. The highest BCUT2D eigenvalue weighted by molar-refractivity contribution is 7.90. The molecule has 11 nitrogen and oxygen atoms in total. The number of benzene rings is 1. The fourth-order valence-electron chi connectivity index (χ4n) is 5.09. The van der Waals surface area contributed by atoms with Gasteiger partial charge in [-0.15, -0.1) is 0 Å². The molecule has 0 aliphatic carbocycles. The Bertz CT molecular complexity index is 1290. The normalized spacial score (nSPS) is 22.7. The lowest BCUT2D eigenvalue weighted by molar-refractivity contribution is -0.142. The zero-order valence-corrected chi connectivity index (χ0v) is 21.6. The van der Waals surface area contributed by atoms with E-state index in [1.807, 2.05) is 0 Å². The summed E-state index contributed by atoms with van der Waals surface area (Å²) in [7, 11) is -4.21. The van der Waals surface area contributed by atoms with Crippen LogP contribution in [0.2, 0.25) is 0 Å². The molecule has 0 radical (unpaired) electrons. The lowest BCUT2D eigenvalue weighted by Gasteiger charge is -2.34. The van der Waals surface area contributed by atoms with E-state index in [1.165, 1.54) is 35.5 Å². The van der Waals surface area contributed by atoms with E-state index in [0.717, 1.165) is 19.3 Å². The van der Waals surface area contributed by atoms with Crippen molar-refractivity contribution >= 4 is 27.7 Å². The third kappa shape index (κ3) is 5.29.